The molecule has 0 saturated carbocycles. The number of hydrogen-bond donors (Lipinski definition) is 2. The highest BCUT2D eigenvalue weighted by Gasteiger charge is 2.22. The highest BCUT2D eigenvalue weighted by molar-refractivity contribution is 5.78. The number of carbonyl (C=O) groups is 1. The van der Waals surface area contributed by atoms with E-state index < -0.39 is 0 Å². The molecule has 1 aliphatic heterocycles. The minimum atomic E-state index is -0.232. The number of amides is 1. The lowest BCUT2D eigenvalue weighted by molar-refractivity contribution is -0.122. The minimum absolute atomic E-state index is 0.0137. The number of nitrogens with two attached hydrogens (primary N) is 1. The van der Waals surface area contributed by atoms with Crippen molar-refractivity contribution in [3.8, 4) is 0 Å². The van der Waals surface area contributed by atoms with Crippen LogP contribution >= 0.6 is 0 Å². The van der Waals surface area contributed by atoms with Crippen molar-refractivity contribution < 1.29 is 9.18 Å². The number of nitrogens with one attached hydrogen (secondary N) is 1. The van der Waals surface area contributed by atoms with Crippen LogP contribution in [0.15, 0.2) is 18.2 Å². The Morgan fingerprint density at radius 2 is 2.14 bits per heavy atom. The van der Waals surface area contributed by atoms with Gasteiger partial charge in [0.05, 0.1) is 6.54 Å². The molecular weight excluding hydrogens is 281 g/mol. The third-order valence-electron chi connectivity index (χ3n) is 4.47. The summed E-state index contributed by atoms with van der Waals surface area (Å²) in [5.41, 5.74) is 7.32. The third-order valence-corrected chi connectivity index (χ3v) is 4.47. The van der Waals surface area contributed by atoms with Gasteiger partial charge in [0.25, 0.3) is 0 Å². The van der Waals surface area contributed by atoms with Crippen LogP contribution in [0.1, 0.15) is 30.9 Å². The van der Waals surface area contributed by atoms with Gasteiger partial charge < -0.3 is 11.1 Å². The van der Waals surface area contributed by atoms with E-state index in [2.05, 4.69) is 10.2 Å². The maximum Gasteiger partial charge on any atom is 0.234 e. The maximum atomic E-state index is 13.4. The van der Waals surface area contributed by atoms with E-state index in [1.807, 2.05) is 13.0 Å². The predicted molar refractivity (Wildman–Crippen MR) is 85.8 cm³/mol. The number of carbonyl (C=O) groups excluding carboxylic acids is 1. The third kappa shape index (κ3) is 4.78. The van der Waals surface area contributed by atoms with Crippen molar-refractivity contribution in [3.05, 3.63) is 35.1 Å². The van der Waals surface area contributed by atoms with E-state index in [0.717, 1.165) is 31.5 Å². The highest BCUT2D eigenvalue weighted by atomic mass is 19.1. The number of aryl methyl sites for hydroxylation is 1. The van der Waals surface area contributed by atoms with Gasteiger partial charge in [0.2, 0.25) is 5.91 Å². The van der Waals surface area contributed by atoms with Gasteiger partial charge in [-0.15, -0.1) is 0 Å². The summed E-state index contributed by atoms with van der Waals surface area (Å²) in [6, 6.07) is 5.28. The Morgan fingerprint density at radius 3 is 2.73 bits per heavy atom. The summed E-state index contributed by atoms with van der Waals surface area (Å²) in [6.07, 6.45) is 2.10. The van der Waals surface area contributed by atoms with Crippen molar-refractivity contribution in [3.63, 3.8) is 0 Å². The zero-order valence-corrected chi connectivity index (χ0v) is 13.4. The standard InChI is InChI=1S/C17H26FN3O/c1-12-3-4-14(9-16(12)18)10-20-17(22)11-21-7-5-15(6-8-21)13(2)19/h3-4,9,13,15H,5-8,10-11,19H2,1-2H3,(H,20,22). The molecule has 1 atom stereocenters. The van der Waals surface area contributed by atoms with Gasteiger partial charge in [-0.3, -0.25) is 9.69 Å². The zero-order chi connectivity index (χ0) is 16.1. The Hall–Kier alpha value is -1.46. The van der Waals surface area contributed by atoms with Gasteiger partial charge in [0.15, 0.2) is 0 Å². The van der Waals surface area contributed by atoms with E-state index in [4.69, 9.17) is 5.73 Å². The largest absolute Gasteiger partial charge is 0.351 e. The van der Waals surface area contributed by atoms with Crippen LogP contribution in [0.5, 0.6) is 0 Å². The van der Waals surface area contributed by atoms with Gasteiger partial charge in [-0.05, 0) is 62.9 Å². The summed E-state index contributed by atoms with van der Waals surface area (Å²) in [7, 11) is 0. The van der Waals surface area contributed by atoms with E-state index in [1.54, 1.807) is 13.0 Å². The molecule has 0 radical (unpaired) electrons. The number of benzene rings is 1. The molecule has 22 heavy (non-hydrogen) atoms. The number of halogens is 1. The summed E-state index contributed by atoms with van der Waals surface area (Å²) in [4.78, 5) is 14.1. The minimum Gasteiger partial charge on any atom is -0.351 e. The second-order valence-corrected chi connectivity index (χ2v) is 6.33. The maximum absolute atomic E-state index is 13.4. The van der Waals surface area contributed by atoms with Crippen molar-refractivity contribution in [2.45, 2.75) is 39.3 Å². The fourth-order valence-electron chi connectivity index (χ4n) is 2.84. The molecule has 1 fully saturated rings. The number of likely N-dealkylation sites (tertiary alicyclic amines) is 1. The summed E-state index contributed by atoms with van der Waals surface area (Å²) >= 11 is 0. The van der Waals surface area contributed by atoms with E-state index in [-0.39, 0.29) is 17.8 Å². The van der Waals surface area contributed by atoms with Crippen LogP contribution in [0.4, 0.5) is 4.39 Å². The van der Waals surface area contributed by atoms with Crippen LogP contribution in [0.25, 0.3) is 0 Å². The first-order valence-corrected chi connectivity index (χ1v) is 7.95. The molecule has 1 saturated heterocycles. The number of nitrogens with zero attached hydrogens (tertiary/aromatic N) is 1. The van der Waals surface area contributed by atoms with Crippen LogP contribution < -0.4 is 11.1 Å². The van der Waals surface area contributed by atoms with Crippen molar-refractivity contribution in [2.75, 3.05) is 19.6 Å². The van der Waals surface area contributed by atoms with Gasteiger partial charge in [-0.1, -0.05) is 12.1 Å². The second-order valence-electron chi connectivity index (χ2n) is 6.33. The number of piperidine rings is 1. The van der Waals surface area contributed by atoms with Crippen LogP contribution in [-0.4, -0.2) is 36.5 Å². The molecule has 0 aliphatic carbocycles. The molecule has 1 heterocycles. The first kappa shape index (κ1) is 16.9. The monoisotopic (exact) mass is 307 g/mol. The Morgan fingerprint density at radius 1 is 1.45 bits per heavy atom. The molecule has 1 aromatic rings. The topological polar surface area (TPSA) is 58.4 Å². The molecule has 1 aliphatic rings. The molecule has 1 amide bonds. The van der Waals surface area contributed by atoms with Crippen LogP contribution in [-0.2, 0) is 11.3 Å². The average molecular weight is 307 g/mol. The van der Waals surface area contributed by atoms with E-state index >= 15 is 0 Å². The van der Waals surface area contributed by atoms with Crippen molar-refractivity contribution in [2.24, 2.45) is 11.7 Å². The average Bonchev–Trinajstić information content (AvgIpc) is 2.49. The van der Waals surface area contributed by atoms with Gasteiger partial charge in [-0.25, -0.2) is 4.39 Å². The molecule has 122 valence electrons. The van der Waals surface area contributed by atoms with E-state index in [0.29, 0.717) is 24.6 Å². The molecule has 5 heteroatoms. The first-order chi connectivity index (χ1) is 10.5. The molecule has 0 bridgehead atoms. The Bertz CT molecular complexity index is 511. The van der Waals surface area contributed by atoms with Gasteiger partial charge in [0.1, 0.15) is 5.82 Å². The summed E-state index contributed by atoms with van der Waals surface area (Å²) < 4.78 is 13.4. The highest BCUT2D eigenvalue weighted by Crippen LogP contribution is 2.19. The Labute approximate surface area is 131 Å². The number of hydrogen-bond acceptors (Lipinski definition) is 3. The second kappa shape index (κ2) is 7.70. The molecule has 1 unspecified atom stereocenters. The lowest BCUT2D eigenvalue weighted by Crippen LogP contribution is -2.44. The predicted octanol–water partition coefficient (Wildman–Crippen LogP) is 1.81. The molecular formula is C17H26FN3O. The molecule has 0 spiro atoms. The lowest BCUT2D eigenvalue weighted by atomic mass is 9.91. The van der Waals surface area contributed by atoms with E-state index in [1.165, 1.54) is 6.07 Å². The molecule has 2 rings (SSSR count). The van der Waals surface area contributed by atoms with Crippen LogP contribution in [0.3, 0.4) is 0 Å². The summed E-state index contributed by atoms with van der Waals surface area (Å²) in [5.74, 6) is 0.319. The normalized spacial score (nSPS) is 18.2. The SMILES string of the molecule is Cc1ccc(CNC(=O)CN2CCC(C(C)N)CC2)cc1F. The summed E-state index contributed by atoms with van der Waals surface area (Å²) in [6.45, 7) is 6.38. The Kier molecular flexibility index (Phi) is 5.91. The fraction of sp³-hybridized carbons (Fsp3) is 0.588. The Balaban J connectivity index is 1.73. The van der Waals surface area contributed by atoms with Crippen LogP contribution in [0.2, 0.25) is 0 Å². The fourth-order valence-corrected chi connectivity index (χ4v) is 2.84. The van der Waals surface area contributed by atoms with Crippen molar-refractivity contribution in [1.29, 1.82) is 0 Å². The molecule has 3 N–H and O–H groups in total. The van der Waals surface area contributed by atoms with Crippen molar-refractivity contribution in [1.82, 2.24) is 10.2 Å². The lowest BCUT2D eigenvalue weighted by Gasteiger charge is -2.33. The van der Waals surface area contributed by atoms with E-state index in [9.17, 15) is 9.18 Å². The summed E-state index contributed by atoms with van der Waals surface area (Å²) in [5, 5.41) is 2.85. The number of rotatable bonds is 5. The molecule has 1 aromatic carbocycles. The molecule has 0 aromatic heterocycles. The first-order valence-electron chi connectivity index (χ1n) is 7.95. The quantitative estimate of drug-likeness (QED) is 0.872. The van der Waals surface area contributed by atoms with Crippen molar-refractivity contribution >= 4 is 5.91 Å². The van der Waals surface area contributed by atoms with Gasteiger partial charge >= 0.3 is 0 Å². The smallest absolute Gasteiger partial charge is 0.234 e. The van der Waals surface area contributed by atoms with Gasteiger partial charge in [0, 0.05) is 12.6 Å². The zero-order valence-electron chi connectivity index (χ0n) is 13.4. The van der Waals surface area contributed by atoms with Gasteiger partial charge in [-0.2, -0.15) is 0 Å². The molecule has 4 nitrogen and oxygen atoms in total. The van der Waals surface area contributed by atoms with Crippen LogP contribution in [0, 0.1) is 18.7 Å².